The van der Waals surface area contributed by atoms with E-state index in [1.54, 1.807) is 12.1 Å². The van der Waals surface area contributed by atoms with Gasteiger partial charge in [-0.3, -0.25) is 4.79 Å². The minimum Gasteiger partial charge on any atom is -0.506 e. The van der Waals surface area contributed by atoms with Gasteiger partial charge < -0.3 is 20.4 Å². The summed E-state index contributed by atoms with van der Waals surface area (Å²) in [6.45, 7) is 2.78. The average molecular weight is 360 g/mol. The second-order valence-electron chi connectivity index (χ2n) is 6.16. The van der Waals surface area contributed by atoms with Gasteiger partial charge in [0.1, 0.15) is 17.2 Å². The lowest BCUT2D eigenvalue weighted by Crippen LogP contribution is -2.19. The van der Waals surface area contributed by atoms with Gasteiger partial charge in [-0.25, -0.2) is 0 Å². The van der Waals surface area contributed by atoms with E-state index >= 15 is 0 Å². The van der Waals surface area contributed by atoms with Crippen molar-refractivity contribution in [3.8, 4) is 11.5 Å². The van der Waals surface area contributed by atoms with Gasteiger partial charge in [0, 0.05) is 18.4 Å². The van der Waals surface area contributed by atoms with Crippen LogP contribution >= 0.6 is 12.6 Å². The first-order valence-corrected chi connectivity index (χ1v) is 8.59. The number of nitrogens with zero attached hydrogens (tertiary/aromatic N) is 1. The van der Waals surface area contributed by atoms with Crippen molar-refractivity contribution in [2.24, 2.45) is 0 Å². The molecule has 3 N–H and O–H groups in total. The van der Waals surface area contributed by atoms with Crippen molar-refractivity contribution < 1.29 is 15.0 Å². The third-order valence-electron chi connectivity index (χ3n) is 3.89. The predicted molar refractivity (Wildman–Crippen MR) is 102 cm³/mol. The molecule has 0 aromatic heterocycles. The van der Waals surface area contributed by atoms with Gasteiger partial charge in [0.05, 0.1) is 0 Å². The van der Waals surface area contributed by atoms with Gasteiger partial charge in [-0.1, -0.05) is 18.2 Å². The molecule has 0 aliphatic carbocycles. The topological polar surface area (TPSA) is 72.8 Å². The number of benzene rings is 2. The molecule has 6 heteroatoms. The van der Waals surface area contributed by atoms with Crippen molar-refractivity contribution in [3.05, 3.63) is 47.5 Å². The van der Waals surface area contributed by atoms with Crippen molar-refractivity contribution in [2.45, 2.75) is 31.2 Å². The first-order chi connectivity index (χ1) is 11.9. The number of amides is 1. The van der Waals surface area contributed by atoms with E-state index in [-0.39, 0.29) is 23.1 Å². The molecule has 0 unspecified atom stereocenters. The van der Waals surface area contributed by atoms with Crippen LogP contribution in [0.25, 0.3) is 0 Å². The molecule has 134 valence electrons. The summed E-state index contributed by atoms with van der Waals surface area (Å²) >= 11 is 4.46. The average Bonchev–Trinajstić information content (AvgIpc) is 2.52. The molecule has 0 atom stereocenters. The van der Waals surface area contributed by atoms with Crippen LogP contribution in [0.2, 0.25) is 0 Å². The number of carbonyl (C=O) groups excluding carboxylic acids is 1. The zero-order chi connectivity index (χ0) is 18.4. The number of hydrogen-bond donors (Lipinski definition) is 4. The summed E-state index contributed by atoms with van der Waals surface area (Å²) in [6.07, 6.45) is 1.93. The Morgan fingerprint density at radius 2 is 1.84 bits per heavy atom. The van der Waals surface area contributed by atoms with Gasteiger partial charge in [0.25, 0.3) is 0 Å². The van der Waals surface area contributed by atoms with E-state index in [4.69, 9.17) is 0 Å². The fourth-order valence-corrected chi connectivity index (χ4v) is 2.99. The highest BCUT2D eigenvalue weighted by Crippen LogP contribution is 2.34. The lowest BCUT2D eigenvalue weighted by molar-refractivity contribution is -0.114. The standard InChI is InChI=1S/C19H24N2O3S/c1-13(22)20-19-16(23)10-14(11-17(19)24)12-21(2)9-5-7-15-6-3-4-8-18(15)25/h3-4,6,8,10-11,23-25H,5,7,9,12H2,1-2H3,(H,20,22). The summed E-state index contributed by atoms with van der Waals surface area (Å²) in [5, 5.41) is 22.4. The summed E-state index contributed by atoms with van der Waals surface area (Å²) < 4.78 is 0. The van der Waals surface area contributed by atoms with E-state index in [0.717, 1.165) is 29.8 Å². The first-order valence-electron chi connectivity index (χ1n) is 8.14. The highest BCUT2D eigenvalue weighted by Gasteiger charge is 2.12. The van der Waals surface area contributed by atoms with Gasteiger partial charge in [-0.05, 0) is 55.8 Å². The predicted octanol–water partition coefficient (Wildman–Crippen LogP) is 3.41. The third kappa shape index (κ3) is 5.69. The summed E-state index contributed by atoms with van der Waals surface area (Å²) in [5.74, 6) is -0.620. The number of hydrogen-bond acceptors (Lipinski definition) is 5. The lowest BCUT2D eigenvalue weighted by Gasteiger charge is -2.18. The molecule has 0 aliphatic rings. The van der Waals surface area contributed by atoms with Crippen LogP contribution in [0.5, 0.6) is 11.5 Å². The Balaban J connectivity index is 1.91. The van der Waals surface area contributed by atoms with E-state index in [0.29, 0.717) is 6.54 Å². The largest absolute Gasteiger partial charge is 0.506 e. The Morgan fingerprint density at radius 1 is 1.20 bits per heavy atom. The smallest absolute Gasteiger partial charge is 0.221 e. The Hall–Kier alpha value is -2.18. The summed E-state index contributed by atoms with van der Waals surface area (Å²) in [5.41, 5.74) is 2.06. The third-order valence-corrected chi connectivity index (χ3v) is 4.32. The molecule has 0 radical (unpaired) electrons. The molecule has 0 fully saturated rings. The number of aromatic hydroxyl groups is 2. The number of rotatable bonds is 7. The second-order valence-corrected chi connectivity index (χ2v) is 6.64. The van der Waals surface area contributed by atoms with Crippen LogP contribution in [0.15, 0.2) is 41.3 Å². The Bertz CT molecular complexity index is 726. The van der Waals surface area contributed by atoms with E-state index in [9.17, 15) is 15.0 Å². The molecule has 0 spiro atoms. The molecule has 5 nitrogen and oxygen atoms in total. The van der Waals surface area contributed by atoms with E-state index in [1.165, 1.54) is 12.5 Å². The van der Waals surface area contributed by atoms with Crippen LogP contribution in [0, 0.1) is 0 Å². The van der Waals surface area contributed by atoms with Crippen molar-refractivity contribution in [2.75, 3.05) is 18.9 Å². The maximum absolute atomic E-state index is 11.1. The minimum atomic E-state index is -0.347. The summed E-state index contributed by atoms with van der Waals surface area (Å²) in [7, 11) is 1.99. The highest BCUT2D eigenvalue weighted by molar-refractivity contribution is 7.80. The minimum absolute atomic E-state index is 0.0456. The van der Waals surface area contributed by atoms with Crippen LogP contribution in [-0.4, -0.2) is 34.6 Å². The number of thiol groups is 1. The molecular formula is C19H24N2O3S. The van der Waals surface area contributed by atoms with Gasteiger partial charge in [-0.2, -0.15) is 0 Å². The van der Waals surface area contributed by atoms with Crippen LogP contribution < -0.4 is 5.32 Å². The fraction of sp³-hybridized carbons (Fsp3) is 0.316. The van der Waals surface area contributed by atoms with Crippen molar-refractivity contribution in [1.29, 1.82) is 0 Å². The SMILES string of the molecule is CC(=O)Nc1c(O)cc(CN(C)CCCc2ccccc2S)cc1O. The normalized spacial score (nSPS) is 10.9. The Morgan fingerprint density at radius 3 is 2.44 bits per heavy atom. The van der Waals surface area contributed by atoms with E-state index < -0.39 is 0 Å². The molecule has 0 aliphatic heterocycles. The maximum atomic E-state index is 11.1. The Kier molecular flexibility index (Phi) is 6.73. The number of nitrogens with one attached hydrogen (secondary N) is 1. The zero-order valence-electron chi connectivity index (χ0n) is 14.5. The molecular weight excluding hydrogens is 336 g/mol. The molecule has 2 aromatic carbocycles. The van der Waals surface area contributed by atoms with Crippen LogP contribution in [0.1, 0.15) is 24.5 Å². The molecule has 2 aromatic rings. The molecule has 0 bridgehead atoms. The van der Waals surface area contributed by atoms with E-state index in [1.807, 2.05) is 25.2 Å². The molecule has 0 saturated heterocycles. The van der Waals surface area contributed by atoms with Gasteiger partial charge in [0.2, 0.25) is 5.91 Å². The van der Waals surface area contributed by atoms with Gasteiger partial charge in [0.15, 0.2) is 0 Å². The highest BCUT2D eigenvalue weighted by atomic mass is 32.1. The second kappa shape index (κ2) is 8.78. The number of anilines is 1. The van der Waals surface area contributed by atoms with Crippen LogP contribution in [0.4, 0.5) is 5.69 Å². The molecule has 2 rings (SSSR count). The van der Waals surface area contributed by atoms with Crippen molar-refractivity contribution in [1.82, 2.24) is 4.90 Å². The maximum Gasteiger partial charge on any atom is 0.221 e. The quantitative estimate of drug-likeness (QED) is 0.451. The molecule has 25 heavy (non-hydrogen) atoms. The number of phenolic OH excluding ortho intramolecular Hbond substituents is 2. The molecule has 0 saturated carbocycles. The van der Waals surface area contributed by atoms with Gasteiger partial charge in [-0.15, -0.1) is 12.6 Å². The fourth-order valence-electron chi connectivity index (χ4n) is 2.72. The lowest BCUT2D eigenvalue weighted by atomic mass is 10.1. The molecule has 0 heterocycles. The van der Waals surface area contributed by atoms with Crippen LogP contribution in [0.3, 0.4) is 0 Å². The van der Waals surface area contributed by atoms with Gasteiger partial charge >= 0.3 is 0 Å². The van der Waals surface area contributed by atoms with Crippen molar-refractivity contribution in [3.63, 3.8) is 0 Å². The number of phenols is 2. The van der Waals surface area contributed by atoms with Crippen LogP contribution in [-0.2, 0) is 17.8 Å². The first kappa shape index (κ1) is 19.1. The summed E-state index contributed by atoms with van der Waals surface area (Å²) in [4.78, 5) is 14.2. The zero-order valence-corrected chi connectivity index (χ0v) is 15.4. The number of aryl methyl sites for hydroxylation is 1. The monoisotopic (exact) mass is 360 g/mol. The van der Waals surface area contributed by atoms with Crippen molar-refractivity contribution >= 4 is 24.2 Å². The Labute approximate surface area is 153 Å². The summed E-state index contributed by atoms with van der Waals surface area (Å²) in [6, 6.07) is 11.2. The number of carbonyl (C=O) groups is 1. The molecule has 1 amide bonds. The van der Waals surface area contributed by atoms with E-state index in [2.05, 4.69) is 28.9 Å².